The Balaban J connectivity index is 1.75. The van der Waals surface area contributed by atoms with Crippen molar-refractivity contribution in [1.82, 2.24) is 5.32 Å². The van der Waals surface area contributed by atoms with Crippen LogP contribution in [0.2, 0.25) is 0 Å². The molecule has 0 aliphatic heterocycles. The van der Waals surface area contributed by atoms with Crippen molar-refractivity contribution in [3.8, 4) is 0 Å². The van der Waals surface area contributed by atoms with Crippen LogP contribution >= 0.6 is 0 Å². The summed E-state index contributed by atoms with van der Waals surface area (Å²) < 4.78 is 13.0. The molecule has 0 radical (unpaired) electrons. The van der Waals surface area contributed by atoms with Crippen LogP contribution in [0, 0.1) is 5.82 Å². The molecule has 3 N–H and O–H groups in total. The quantitative estimate of drug-likeness (QED) is 0.834. The molecule has 104 valence electrons. The van der Waals surface area contributed by atoms with Gasteiger partial charge in [0, 0.05) is 17.8 Å². The Bertz CT molecular complexity index is 607. The van der Waals surface area contributed by atoms with E-state index < -0.39 is 0 Å². The monoisotopic (exact) mass is 270 g/mol. The van der Waals surface area contributed by atoms with Crippen molar-refractivity contribution >= 4 is 5.69 Å². The van der Waals surface area contributed by atoms with Crippen LogP contribution in [0.25, 0.3) is 0 Å². The average Bonchev–Trinajstić information content (AvgIpc) is 2.81. The smallest absolute Gasteiger partial charge is 0.123 e. The summed E-state index contributed by atoms with van der Waals surface area (Å²) >= 11 is 0. The van der Waals surface area contributed by atoms with E-state index in [9.17, 15) is 4.39 Å². The van der Waals surface area contributed by atoms with Crippen molar-refractivity contribution in [2.45, 2.75) is 31.8 Å². The first-order valence-electron chi connectivity index (χ1n) is 7.03. The van der Waals surface area contributed by atoms with Gasteiger partial charge in [0.25, 0.3) is 0 Å². The summed E-state index contributed by atoms with van der Waals surface area (Å²) in [6, 6.07) is 13.4. The van der Waals surface area contributed by atoms with Crippen molar-refractivity contribution < 1.29 is 4.39 Å². The van der Waals surface area contributed by atoms with Crippen LogP contribution in [0.5, 0.6) is 0 Å². The molecule has 0 saturated carbocycles. The third kappa shape index (κ3) is 2.54. The topological polar surface area (TPSA) is 38.0 Å². The number of nitrogens with one attached hydrogen (secondary N) is 1. The second kappa shape index (κ2) is 5.25. The lowest BCUT2D eigenvalue weighted by Crippen LogP contribution is -2.23. The van der Waals surface area contributed by atoms with Crippen LogP contribution in [0.3, 0.4) is 0 Å². The SMILES string of the molecule is C[C@H](NC1CCc2cc(N)ccc21)c1ccc(F)cc1. The molecule has 2 nitrogen and oxygen atoms in total. The second-order valence-electron chi connectivity index (χ2n) is 5.49. The summed E-state index contributed by atoms with van der Waals surface area (Å²) in [6.45, 7) is 2.11. The number of hydrogen-bond acceptors (Lipinski definition) is 2. The van der Waals surface area contributed by atoms with E-state index in [2.05, 4.69) is 24.4 Å². The maximum Gasteiger partial charge on any atom is 0.123 e. The minimum absolute atomic E-state index is 0.192. The van der Waals surface area contributed by atoms with Crippen LogP contribution in [-0.2, 0) is 6.42 Å². The summed E-state index contributed by atoms with van der Waals surface area (Å²) in [4.78, 5) is 0. The van der Waals surface area contributed by atoms with Gasteiger partial charge in [0.05, 0.1) is 0 Å². The van der Waals surface area contributed by atoms with Crippen LogP contribution in [0.15, 0.2) is 42.5 Å². The highest BCUT2D eigenvalue weighted by Crippen LogP contribution is 2.34. The number of aryl methyl sites for hydroxylation is 1. The van der Waals surface area contributed by atoms with E-state index in [1.54, 1.807) is 0 Å². The predicted molar refractivity (Wildman–Crippen MR) is 79.9 cm³/mol. The molecule has 0 saturated heterocycles. The Morgan fingerprint density at radius 2 is 1.95 bits per heavy atom. The zero-order valence-corrected chi connectivity index (χ0v) is 11.6. The molecule has 1 aliphatic carbocycles. The molecule has 3 rings (SSSR count). The summed E-state index contributed by atoms with van der Waals surface area (Å²) in [5.74, 6) is -0.192. The van der Waals surface area contributed by atoms with Gasteiger partial charge in [-0.3, -0.25) is 0 Å². The lowest BCUT2D eigenvalue weighted by Gasteiger charge is -2.21. The van der Waals surface area contributed by atoms with E-state index >= 15 is 0 Å². The van der Waals surface area contributed by atoms with Gasteiger partial charge in [-0.1, -0.05) is 18.2 Å². The molecular formula is C17H19FN2. The first kappa shape index (κ1) is 13.1. The first-order valence-corrected chi connectivity index (χ1v) is 7.03. The zero-order valence-electron chi connectivity index (χ0n) is 11.6. The number of anilines is 1. The van der Waals surface area contributed by atoms with Gasteiger partial charge in [-0.05, 0) is 60.7 Å². The lowest BCUT2D eigenvalue weighted by atomic mass is 10.0. The Morgan fingerprint density at radius 3 is 2.70 bits per heavy atom. The van der Waals surface area contributed by atoms with E-state index in [1.807, 2.05) is 18.2 Å². The van der Waals surface area contributed by atoms with Crippen LogP contribution < -0.4 is 11.1 Å². The minimum atomic E-state index is -0.192. The first-order chi connectivity index (χ1) is 9.63. The number of nitrogen functional groups attached to an aromatic ring is 1. The molecule has 20 heavy (non-hydrogen) atoms. The van der Waals surface area contributed by atoms with Gasteiger partial charge in [0.1, 0.15) is 5.82 Å². The average molecular weight is 270 g/mol. The molecule has 2 aromatic rings. The largest absolute Gasteiger partial charge is 0.399 e. The van der Waals surface area contributed by atoms with E-state index in [0.717, 1.165) is 24.1 Å². The molecule has 0 spiro atoms. The fourth-order valence-electron chi connectivity index (χ4n) is 2.96. The van der Waals surface area contributed by atoms with Crippen molar-refractivity contribution in [3.63, 3.8) is 0 Å². The summed E-state index contributed by atoms with van der Waals surface area (Å²) in [6.07, 6.45) is 2.15. The summed E-state index contributed by atoms with van der Waals surface area (Å²) in [7, 11) is 0. The third-order valence-corrected chi connectivity index (χ3v) is 4.07. The number of benzene rings is 2. The van der Waals surface area contributed by atoms with E-state index in [4.69, 9.17) is 5.73 Å². The number of rotatable bonds is 3. The van der Waals surface area contributed by atoms with Gasteiger partial charge in [0.15, 0.2) is 0 Å². The molecule has 2 atom stereocenters. The highest BCUT2D eigenvalue weighted by atomic mass is 19.1. The van der Waals surface area contributed by atoms with Gasteiger partial charge >= 0.3 is 0 Å². The van der Waals surface area contributed by atoms with E-state index in [-0.39, 0.29) is 11.9 Å². The zero-order chi connectivity index (χ0) is 14.1. The molecule has 2 aromatic carbocycles. The molecule has 1 aliphatic rings. The molecular weight excluding hydrogens is 251 g/mol. The molecule has 0 heterocycles. The van der Waals surface area contributed by atoms with Gasteiger partial charge in [0.2, 0.25) is 0 Å². The summed E-state index contributed by atoms with van der Waals surface area (Å²) in [5.41, 5.74) is 10.4. The molecule has 0 bridgehead atoms. The van der Waals surface area contributed by atoms with Crippen molar-refractivity contribution in [2.24, 2.45) is 0 Å². The molecule has 0 fully saturated rings. The van der Waals surface area contributed by atoms with Gasteiger partial charge in [-0.25, -0.2) is 4.39 Å². The Morgan fingerprint density at radius 1 is 1.20 bits per heavy atom. The number of hydrogen-bond donors (Lipinski definition) is 2. The Labute approximate surface area is 118 Å². The van der Waals surface area contributed by atoms with Crippen molar-refractivity contribution in [2.75, 3.05) is 5.73 Å². The molecule has 3 heteroatoms. The molecule has 1 unspecified atom stereocenters. The Hall–Kier alpha value is -1.87. The number of fused-ring (bicyclic) bond motifs is 1. The fraction of sp³-hybridized carbons (Fsp3) is 0.294. The van der Waals surface area contributed by atoms with Crippen LogP contribution in [0.1, 0.15) is 42.1 Å². The minimum Gasteiger partial charge on any atom is -0.399 e. The van der Waals surface area contributed by atoms with Gasteiger partial charge in [-0.2, -0.15) is 0 Å². The van der Waals surface area contributed by atoms with E-state index in [0.29, 0.717) is 6.04 Å². The second-order valence-corrected chi connectivity index (χ2v) is 5.49. The normalized spacial score (nSPS) is 18.8. The van der Waals surface area contributed by atoms with Crippen molar-refractivity contribution in [3.05, 3.63) is 65.0 Å². The van der Waals surface area contributed by atoms with Crippen molar-refractivity contribution in [1.29, 1.82) is 0 Å². The fourth-order valence-corrected chi connectivity index (χ4v) is 2.96. The maximum atomic E-state index is 13.0. The standard InChI is InChI=1S/C17H19FN2/c1-11(12-2-5-14(18)6-3-12)20-17-9-4-13-10-15(19)7-8-16(13)17/h2-3,5-8,10-11,17,20H,4,9,19H2,1H3/t11-,17?/m0/s1. The molecule has 0 aromatic heterocycles. The summed E-state index contributed by atoms with van der Waals surface area (Å²) in [5, 5.41) is 3.63. The predicted octanol–water partition coefficient (Wildman–Crippen LogP) is 3.75. The number of nitrogens with two attached hydrogens (primary N) is 1. The number of halogens is 1. The highest BCUT2D eigenvalue weighted by molar-refractivity contribution is 5.47. The van der Waals surface area contributed by atoms with E-state index in [1.165, 1.54) is 23.3 Å². The molecule has 0 amide bonds. The third-order valence-electron chi connectivity index (χ3n) is 4.07. The van der Waals surface area contributed by atoms with Gasteiger partial charge < -0.3 is 11.1 Å². The van der Waals surface area contributed by atoms with Gasteiger partial charge in [-0.15, -0.1) is 0 Å². The lowest BCUT2D eigenvalue weighted by molar-refractivity contribution is 0.464. The maximum absolute atomic E-state index is 13.0. The van der Waals surface area contributed by atoms with Crippen LogP contribution in [-0.4, -0.2) is 0 Å². The Kier molecular flexibility index (Phi) is 3.45. The van der Waals surface area contributed by atoms with Crippen LogP contribution in [0.4, 0.5) is 10.1 Å². The highest BCUT2D eigenvalue weighted by Gasteiger charge is 2.23.